The average Bonchev–Trinajstić information content (AvgIpc) is 2.37. The molecule has 0 amide bonds. The Morgan fingerprint density at radius 2 is 1.95 bits per heavy atom. The first-order chi connectivity index (χ1) is 9.60. The summed E-state index contributed by atoms with van der Waals surface area (Å²) in [7, 11) is 0. The molecule has 0 saturated carbocycles. The molecule has 1 aromatic heterocycles. The summed E-state index contributed by atoms with van der Waals surface area (Å²) in [5.74, 6) is -1.15. The number of aromatic nitrogens is 1. The molecule has 0 radical (unpaired) electrons. The molecule has 0 spiro atoms. The summed E-state index contributed by atoms with van der Waals surface area (Å²) in [6.07, 6.45) is 3.66. The topological polar surface area (TPSA) is 24.9 Å². The first-order valence-electron chi connectivity index (χ1n) is 6.38. The minimum absolute atomic E-state index is 0.114. The van der Waals surface area contributed by atoms with E-state index in [0.29, 0.717) is 17.0 Å². The number of likely N-dealkylation sites (N-methyl/N-ethyl adjacent to an activating group) is 1. The summed E-state index contributed by atoms with van der Waals surface area (Å²) in [5.41, 5.74) is 1.45. The summed E-state index contributed by atoms with van der Waals surface area (Å²) >= 11 is 6.13. The van der Waals surface area contributed by atoms with E-state index in [0.717, 1.165) is 18.2 Å². The molecule has 5 heteroatoms. The Morgan fingerprint density at radius 3 is 2.55 bits per heavy atom. The second-order valence-electron chi connectivity index (χ2n) is 4.49. The van der Waals surface area contributed by atoms with Gasteiger partial charge in [-0.1, -0.05) is 18.5 Å². The van der Waals surface area contributed by atoms with Crippen LogP contribution in [0.2, 0.25) is 5.02 Å². The van der Waals surface area contributed by atoms with Gasteiger partial charge in [-0.15, -0.1) is 0 Å². The average molecular weight is 297 g/mol. The lowest BCUT2D eigenvalue weighted by Crippen LogP contribution is -2.23. The van der Waals surface area contributed by atoms with Crippen molar-refractivity contribution >= 4 is 11.6 Å². The molecule has 2 rings (SSSR count). The van der Waals surface area contributed by atoms with Crippen molar-refractivity contribution in [2.75, 3.05) is 6.54 Å². The van der Waals surface area contributed by atoms with Crippen LogP contribution in [0.15, 0.2) is 36.7 Å². The Kier molecular flexibility index (Phi) is 5.04. The molecule has 0 fully saturated rings. The van der Waals surface area contributed by atoms with Crippen LogP contribution in [0.25, 0.3) is 0 Å². The Balaban J connectivity index is 2.28. The number of rotatable bonds is 5. The lowest BCUT2D eigenvalue weighted by Gasteiger charge is -2.19. The van der Waals surface area contributed by atoms with Gasteiger partial charge in [0.1, 0.15) is 11.6 Å². The molecule has 1 atom stereocenters. The molecule has 0 bridgehead atoms. The maximum atomic E-state index is 13.2. The number of nitrogens with zero attached hydrogens (tertiary/aromatic N) is 1. The van der Waals surface area contributed by atoms with E-state index in [-0.39, 0.29) is 6.04 Å². The number of benzene rings is 1. The summed E-state index contributed by atoms with van der Waals surface area (Å²) in [6, 6.07) is 5.23. The van der Waals surface area contributed by atoms with Gasteiger partial charge in [-0.05, 0) is 42.3 Å². The van der Waals surface area contributed by atoms with E-state index in [4.69, 9.17) is 11.6 Å². The van der Waals surface area contributed by atoms with Crippen molar-refractivity contribution in [1.29, 1.82) is 0 Å². The van der Waals surface area contributed by atoms with Crippen molar-refractivity contribution in [3.63, 3.8) is 0 Å². The number of halogens is 3. The van der Waals surface area contributed by atoms with Crippen molar-refractivity contribution < 1.29 is 8.78 Å². The van der Waals surface area contributed by atoms with Gasteiger partial charge in [-0.3, -0.25) is 4.98 Å². The van der Waals surface area contributed by atoms with Gasteiger partial charge in [-0.2, -0.15) is 0 Å². The second-order valence-corrected chi connectivity index (χ2v) is 4.90. The van der Waals surface area contributed by atoms with E-state index in [2.05, 4.69) is 10.3 Å². The van der Waals surface area contributed by atoms with Crippen LogP contribution < -0.4 is 5.32 Å². The maximum absolute atomic E-state index is 13.2. The predicted octanol–water partition coefficient (Wildman–Crippen LogP) is 3.91. The molecule has 1 unspecified atom stereocenters. The molecular weight excluding hydrogens is 282 g/mol. The molecule has 2 nitrogen and oxygen atoms in total. The van der Waals surface area contributed by atoms with Gasteiger partial charge in [0.05, 0.1) is 5.02 Å². The standard InChI is InChI=1S/C15H15ClF2N2/c1-2-20-15(13-3-4-19-9-14(13)16)7-10-5-11(17)8-12(18)6-10/h3-6,8-9,15,20H,2,7H2,1H3. The van der Waals surface area contributed by atoms with Crippen LogP contribution in [0.5, 0.6) is 0 Å². The van der Waals surface area contributed by atoms with Crippen LogP contribution in [0.3, 0.4) is 0 Å². The van der Waals surface area contributed by atoms with E-state index in [9.17, 15) is 8.78 Å². The zero-order valence-electron chi connectivity index (χ0n) is 11.0. The van der Waals surface area contributed by atoms with Crippen molar-refractivity contribution in [2.24, 2.45) is 0 Å². The molecule has 1 aromatic carbocycles. The highest BCUT2D eigenvalue weighted by Crippen LogP contribution is 2.25. The lowest BCUT2D eigenvalue weighted by molar-refractivity contribution is 0.538. The molecule has 0 aliphatic carbocycles. The molecule has 106 valence electrons. The first-order valence-corrected chi connectivity index (χ1v) is 6.75. The molecule has 0 aliphatic heterocycles. The molecule has 1 heterocycles. The quantitative estimate of drug-likeness (QED) is 0.905. The molecule has 2 aromatic rings. The third-order valence-corrected chi connectivity index (χ3v) is 3.31. The van der Waals surface area contributed by atoms with E-state index < -0.39 is 11.6 Å². The Bertz CT molecular complexity index is 570. The third-order valence-electron chi connectivity index (χ3n) is 2.99. The normalized spacial score (nSPS) is 12.4. The third kappa shape index (κ3) is 3.74. The fourth-order valence-corrected chi connectivity index (χ4v) is 2.42. The summed E-state index contributed by atoms with van der Waals surface area (Å²) in [4.78, 5) is 3.94. The van der Waals surface area contributed by atoms with Crippen LogP contribution >= 0.6 is 11.6 Å². The number of pyridine rings is 1. The largest absolute Gasteiger partial charge is 0.310 e. The highest BCUT2D eigenvalue weighted by molar-refractivity contribution is 6.31. The van der Waals surface area contributed by atoms with Crippen molar-refractivity contribution in [2.45, 2.75) is 19.4 Å². The minimum Gasteiger partial charge on any atom is -0.310 e. The Morgan fingerprint density at radius 1 is 1.25 bits per heavy atom. The van der Waals surface area contributed by atoms with E-state index in [1.807, 2.05) is 13.0 Å². The van der Waals surface area contributed by atoms with Gasteiger partial charge in [0.25, 0.3) is 0 Å². The summed E-state index contributed by atoms with van der Waals surface area (Å²) in [6.45, 7) is 2.69. The van der Waals surface area contributed by atoms with Gasteiger partial charge < -0.3 is 5.32 Å². The van der Waals surface area contributed by atoms with E-state index in [1.54, 1.807) is 12.4 Å². The van der Waals surface area contributed by atoms with Crippen LogP contribution in [-0.2, 0) is 6.42 Å². The molecular formula is C15H15ClF2N2. The molecule has 0 aliphatic rings. The van der Waals surface area contributed by atoms with Gasteiger partial charge in [0.15, 0.2) is 0 Å². The molecule has 1 N–H and O–H groups in total. The second kappa shape index (κ2) is 6.77. The van der Waals surface area contributed by atoms with E-state index in [1.165, 1.54) is 12.1 Å². The van der Waals surface area contributed by atoms with Gasteiger partial charge in [-0.25, -0.2) is 8.78 Å². The Labute approximate surface area is 121 Å². The fourth-order valence-electron chi connectivity index (χ4n) is 2.17. The van der Waals surface area contributed by atoms with Gasteiger partial charge in [0, 0.05) is 24.5 Å². The monoisotopic (exact) mass is 296 g/mol. The van der Waals surface area contributed by atoms with Gasteiger partial charge in [0.2, 0.25) is 0 Å². The zero-order valence-corrected chi connectivity index (χ0v) is 11.8. The van der Waals surface area contributed by atoms with Gasteiger partial charge >= 0.3 is 0 Å². The smallest absolute Gasteiger partial charge is 0.126 e. The van der Waals surface area contributed by atoms with Crippen molar-refractivity contribution in [3.8, 4) is 0 Å². The van der Waals surface area contributed by atoms with Crippen molar-refractivity contribution in [3.05, 3.63) is 64.4 Å². The Hall–Kier alpha value is -1.52. The number of nitrogens with one attached hydrogen (secondary N) is 1. The van der Waals surface area contributed by atoms with Crippen molar-refractivity contribution in [1.82, 2.24) is 10.3 Å². The highest BCUT2D eigenvalue weighted by atomic mass is 35.5. The lowest BCUT2D eigenvalue weighted by atomic mass is 9.99. The van der Waals surface area contributed by atoms with E-state index >= 15 is 0 Å². The highest BCUT2D eigenvalue weighted by Gasteiger charge is 2.15. The summed E-state index contributed by atoms with van der Waals surface area (Å²) < 4.78 is 26.5. The molecule has 0 saturated heterocycles. The maximum Gasteiger partial charge on any atom is 0.126 e. The van der Waals surface area contributed by atoms with Crippen LogP contribution in [-0.4, -0.2) is 11.5 Å². The van der Waals surface area contributed by atoms with Crippen LogP contribution in [0.1, 0.15) is 24.1 Å². The SMILES string of the molecule is CCNC(Cc1cc(F)cc(F)c1)c1ccncc1Cl. The zero-order chi connectivity index (χ0) is 14.5. The summed E-state index contributed by atoms with van der Waals surface area (Å²) in [5, 5.41) is 3.81. The van der Waals surface area contributed by atoms with Crippen LogP contribution in [0.4, 0.5) is 8.78 Å². The number of hydrogen-bond donors (Lipinski definition) is 1. The fraction of sp³-hybridized carbons (Fsp3) is 0.267. The minimum atomic E-state index is -0.573. The molecule has 20 heavy (non-hydrogen) atoms. The number of hydrogen-bond acceptors (Lipinski definition) is 2. The first kappa shape index (κ1) is 14.9. The van der Waals surface area contributed by atoms with Crippen LogP contribution in [0, 0.1) is 11.6 Å². The predicted molar refractivity (Wildman–Crippen MR) is 75.7 cm³/mol.